The van der Waals surface area contributed by atoms with Crippen molar-refractivity contribution in [3.63, 3.8) is 0 Å². The van der Waals surface area contributed by atoms with Gasteiger partial charge in [0.1, 0.15) is 5.82 Å². The number of nitro groups is 1. The van der Waals surface area contributed by atoms with Crippen LogP contribution in [0.25, 0.3) is 0 Å². The first-order chi connectivity index (χ1) is 10.4. The van der Waals surface area contributed by atoms with E-state index >= 15 is 0 Å². The third-order valence-corrected chi connectivity index (χ3v) is 4.07. The lowest BCUT2D eigenvalue weighted by Gasteiger charge is -2.07. The van der Waals surface area contributed by atoms with Crippen molar-refractivity contribution in [3.05, 3.63) is 72.0 Å². The average Bonchev–Trinajstić information content (AvgIpc) is 2.48. The van der Waals surface area contributed by atoms with Crippen LogP contribution in [-0.4, -0.2) is 10.8 Å². The maximum absolute atomic E-state index is 13.1. The number of non-ortho nitro benzene ring substituents is 1. The number of carbonyl (C=O) groups excluding carboxylic acids is 1. The van der Waals surface area contributed by atoms with Gasteiger partial charge in [0.05, 0.1) is 15.5 Å². The second kappa shape index (κ2) is 7.01. The fraction of sp³-hybridized carbons (Fsp3) is 0.0714. The van der Waals surface area contributed by atoms with Gasteiger partial charge in [-0.25, -0.2) is 4.39 Å². The summed E-state index contributed by atoms with van der Waals surface area (Å²) in [5.41, 5.74) is 0.679. The van der Waals surface area contributed by atoms with Crippen molar-refractivity contribution in [2.45, 2.75) is 6.54 Å². The Morgan fingerprint density at radius 2 is 2.05 bits per heavy atom. The first kappa shape index (κ1) is 16.6. The molecular formula is C14H9ClFIN2O3. The van der Waals surface area contributed by atoms with E-state index in [1.165, 1.54) is 36.4 Å². The van der Waals surface area contributed by atoms with Crippen LogP contribution in [0.1, 0.15) is 15.9 Å². The molecule has 22 heavy (non-hydrogen) atoms. The predicted octanol–water partition coefficient (Wildman–Crippen LogP) is 3.92. The molecule has 0 saturated heterocycles. The van der Waals surface area contributed by atoms with E-state index in [4.69, 9.17) is 11.6 Å². The van der Waals surface area contributed by atoms with Crippen LogP contribution in [0.4, 0.5) is 10.1 Å². The lowest BCUT2D eigenvalue weighted by molar-refractivity contribution is -0.384. The predicted molar refractivity (Wildman–Crippen MR) is 88.4 cm³/mol. The van der Waals surface area contributed by atoms with E-state index in [9.17, 15) is 19.3 Å². The second-order valence-corrected chi connectivity index (χ2v) is 5.92. The molecule has 114 valence electrons. The van der Waals surface area contributed by atoms with Crippen molar-refractivity contribution < 1.29 is 14.1 Å². The third kappa shape index (κ3) is 3.92. The van der Waals surface area contributed by atoms with Crippen molar-refractivity contribution in [1.29, 1.82) is 0 Å². The Morgan fingerprint density at radius 3 is 2.68 bits per heavy atom. The number of hydrogen-bond acceptors (Lipinski definition) is 3. The van der Waals surface area contributed by atoms with Gasteiger partial charge in [-0.2, -0.15) is 0 Å². The van der Waals surface area contributed by atoms with Gasteiger partial charge in [-0.3, -0.25) is 14.9 Å². The summed E-state index contributed by atoms with van der Waals surface area (Å²) >= 11 is 7.59. The molecule has 0 aliphatic heterocycles. The molecule has 0 unspecified atom stereocenters. The maximum atomic E-state index is 13.1. The first-order valence-electron chi connectivity index (χ1n) is 6.04. The van der Waals surface area contributed by atoms with Crippen LogP contribution in [0, 0.1) is 19.5 Å². The molecule has 0 bridgehead atoms. The average molecular weight is 435 g/mol. The van der Waals surface area contributed by atoms with E-state index in [1.54, 1.807) is 0 Å². The molecule has 2 aromatic carbocycles. The molecule has 5 nitrogen and oxygen atoms in total. The highest BCUT2D eigenvalue weighted by atomic mass is 127. The van der Waals surface area contributed by atoms with Gasteiger partial charge in [-0.15, -0.1) is 0 Å². The standard InChI is InChI=1S/C14H9ClFIN2O3/c15-11-5-8(1-3-12(11)16)7-18-14(20)10-6-9(19(21)22)2-4-13(10)17/h1-6H,7H2,(H,18,20). The van der Waals surface area contributed by atoms with E-state index in [0.29, 0.717) is 9.13 Å². The number of amides is 1. The van der Waals surface area contributed by atoms with E-state index in [-0.39, 0.29) is 22.8 Å². The summed E-state index contributed by atoms with van der Waals surface area (Å²) in [6.45, 7) is 0.137. The lowest BCUT2D eigenvalue weighted by atomic mass is 10.1. The Balaban J connectivity index is 2.13. The third-order valence-electron chi connectivity index (χ3n) is 2.84. The molecule has 1 amide bonds. The molecule has 0 aromatic heterocycles. The van der Waals surface area contributed by atoms with Crippen LogP contribution in [0.3, 0.4) is 0 Å². The highest BCUT2D eigenvalue weighted by Crippen LogP contribution is 2.20. The van der Waals surface area contributed by atoms with Crippen LogP contribution >= 0.6 is 34.2 Å². The quantitative estimate of drug-likeness (QED) is 0.450. The van der Waals surface area contributed by atoms with Gasteiger partial charge < -0.3 is 5.32 Å². The zero-order valence-electron chi connectivity index (χ0n) is 11.0. The minimum atomic E-state index is -0.563. The summed E-state index contributed by atoms with van der Waals surface area (Å²) in [6, 6.07) is 8.17. The Bertz CT molecular complexity index is 755. The highest BCUT2D eigenvalue weighted by Gasteiger charge is 2.15. The van der Waals surface area contributed by atoms with Crippen LogP contribution in [0.5, 0.6) is 0 Å². The minimum Gasteiger partial charge on any atom is -0.348 e. The molecule has 0 aliphatic carbocycles. The number of nitrogens with one attached hydrogen (secondary N) is 1. The van der Waals surface area contributed by atoms with Crippen molar-refractivity contribution in [3.8, 4) is 0 Å². The van der Waals surface area contributed by atoms with Gasteiger partial charge in [-0.1, -0.05) is 17.7 Å². The van der Waals surface area contributed by atoms with E-state index in [2.05, 4.69) is 5.32 Å². The maximum Gasteiger partial charge on any atom is 0.270 e. The Labute approximate surface area is 143 Å². The molecule has 0 fully saturated rings. The summed E-state index contributed by atoms with van der Waals surface area (Å²) in [5.74, 6) is -0.987. The fourth-order valence-electron chi connectivity index (χ4n) is 1.73. The number of carbonyl (C=O) groups is 1. The Kier molecular flexibility index (Phi) is 5.30. The molecule has 2 aromatic rings. The smallest absolute Gasteiger partial charge is 0.270 e. The van der Waals surface area contributed by atoms with Crippen LogP contribution in [0.2, 0.25) is 5.02 Å². The largest absolute Gasteiger partial charge is 0.348 e. The van der Waals surface area contributed by atoms with E-state index in [0.717, 1.165) is 0 Å². The number of nitro benzene ring substituents is 1. The van der Waals surface area contributed by atoms with Crippen molar-refractivity contribution in [1.82, 2.24) is 5.32 Å². The zero-order valence-corrected chi connectivity index (χ0v) is 13.9. The molecule has 0 spiro atoms. The summed E-state index contributed by atoms with van der Waals surface area (Å²) in [5, 5.41) is 13.3. The fourth-order valence-corrected chi connectivity index (χ4v) is 2.51. The SMILES string of the molecule is O=C(NCc1ccc(F)c(Cl)c1)c1cc([N+](=O)[O-])ccc1I. The van der Waals surface area contributed by atoms with Gasteiger partial charge >= 0.3 is 0 Å². The van der Waals surface area contributed by atoms with Gasteiger partial charge in [0.2, 0.25) is 0 Å². The first-order valence-corrected chi connectivity index (χ1v) is 7.50. The number of hydrogen-bond donors (Lipinski definition) is 1. The van der Waals surface area contributed by atoms with Gasteiger partial charge in [0, 0.05) is 22.2 Å². The topological polar surface area (TPSA) is 72.2 Å². The number of benzene rings is 2. The number of nitrogens with zero attached hydrogens (tertiary/aromatic N) is 1. The van der Waals surface area contributed by atoms with E-state index in [1.807, 2.05) is 22.6 Å². The monoisotopic (exact) mass is 434 g/mol. The molecule has 1 N–H and O–H groups in total. The molecule has 0 aliphatic rings. The van der Waals surface area contributed by atoms with Crippen LogP contribution in [0.15, 0.2) is 36.4 Å². The van der Waals surface area contributed by atoms with Crippen molar-refractivity contribution in [2.24, 2.45) is 0 Å². The van der Waals surface area contributed by atoms with Crippen LogP contribution in [-0.2, 0) is 6.54 Å². The summed E-state index contributed by atoms with van der Waals surface area (Å²) in [4.78, 5) is 22.3. The zero-order chi connectivity index (χ0) is 16.3. The summed E-state index contributed by atoms with van der Waals surface area (Å²) in [7, 11) is 0. The minimum absolute atomic E-state index is 0.0309. The molecule has 0 atom stereocenters. The molecule has 0 heterocycles. The lowest BCUT2D eigenvalue weighted by Crippen LogP contribution is -2.23. The normalized spacial score (nSPS) is 10.3. The van der Waals surface area contributed by atoms with Crippen LogP contribution < -0.4 is 5.32 Å². The molecule has 8 heteroatoms. The molecular weight excluding hydrogens is 426 g/mol. The van der Waals surface area contributed by atoms with Gasteiger partial charge in [0.15, 0.2) is 0 Å². The van der Waals surface area contributed by atoms with Gasteiger partial charge in [0.25, 0.3) is 11.6 Å². The molecule has 2 rings (SSSR count). The van der Waals surface area contributed by atoms with Crippen molar-refractivity contribution in [2.75, 3.05) is 0 Å². The molecule has 0 radical (unpaired) electrons. The van der Waals surface area contributed by atoms with Crippen molar-refractivity contribution >= 4 is 45.8 Å². The summed E-state index contributed by atoms with van der Waals surface area (Å²) in [6.07, 6.45) is 0. The highest BCUT2D eigenvalue weighted by molar-refractivity contribution is 14.1. The number of rotatable bonds is 4. The molecule has 0 saturated carbocycles. The second-order valence-electron chi connectivity index (χ2n) is 4.35. The Hall–Kier alpha value is -1.74. The summed E-state index contributed by atoms with van der Waals surface area (Å²) < 4.78 is 13.6. The number of halogens is 3. The van der Waals surface area contributed by atoms with E-state index < -0.39 is 16.6 Å². The van der Waals surface area contributed by atoms with Gasteiger partial charge in [-0.05, 0) is 46.4 Å². The Morgan fingerprint density at radius 1 is 1.32 bits per heavy atom.